The molecule has 0 fully saturated rings. The van der Waals surface area contributed by atoms with Gasteiger partial charge in [0, 0.05) is 0 Å². The number of benzene rings is 1. The van der Waals surface area contributed by atoms with Crippen molar-refractivity contribution >= 4 is 0 Å². The highest BCUT2D eigenvalue weighted by Gasteiger charge is 2.06. The average molecular weight is 248 g/mol. The van der Waals surface area contributed by atoms with E-state index in [1.807, 2.05) is 6.07 Å². The Morgan fingerprint density at radius 1 is 1.00 bits per heavy atom. The third-order valence-electron chi connectivity index (χ3n) is 3.53. The van der Waals surface area contributed by atoms with Crippen LogP contribution in [-0.2, 0) is 6.42 Å². The Morgan fingerprint density at radius 3 is 2.33 bits per heavy atom. The Morgan fingerprint density at radius 2 is 1.67 bits per heavy atom. The van der Waals surface area contributed by atoms with Gasteiger partial charge in [0.25, 0.3) is 0 Å². The second-order valence-electron chi connectivity index (χ2n) is 5.57. The summed E-state index contributed by atoms with van der Waals surface area (Å²) in [5.41, 5.74) is 2.45. The molecule has 0 saturated heterocycles. The van der Waals surface area contributed by atoms with Gasteiger partial charge in [0.15, 0.2) is 0 Å². The second kappa shape index (κ2) is 8.18. The minimum Gasteiger partial charge on any atom is -0.508 e. The lowest BCUT2D eigenvalue weighted by atomic mass is 9.97. The summed E-state index contributed by atoms with van der Waals surface area (Å²) >= 11 is 0. The lowest BCUT2D eigenvalue weighted by Gasteiger charge is -2.10. The van der Waals surface area contributed by atoms with Gasteiger partial charge in [-0.1, -0.05) is 65.0 Å². The standard InChI is InChI=1S/C17H28O/c1-4-5-6-7-8-9-10-15-11-12-17(18)16(13-15)14(2)3/h11-14,18H,4-10H2,1-3H3. The number of rotatable bonds is 8. The van der Waals surface area contributed by atoms with Crippen LogP contribution in [0.25, 0.3) is 0 Å². The van der Waals surface area contributed by atoms with Crippen LogP contribution in [-0.4, -0.2) is 5.11 Å². The highest BCUT2D eigenvalue weighted by molar-refractivity contribution is 5.38. The van der Waals surface area contributed by atoms with Gasteiger partial charge in [-0.05, 0) is 36.0 Å². The highest BCUT2D eigenvalue weighted by atomic mass is 16.3. The fourth-order valence-electron chi connectivity index (χ4n) is 2.33. The maximum Gasteiger partial charge on any atom is 0.119 e. The van der Waals surface area contributed by atoms with E-state index in [0.29, 0.717) is 11.7 Å². The second-order valence-corrected chi connectivity index (χ2v) is 5.57. The first-order valence-electron chi connectivity index (χ1n) is 7.47. The summed E-state index contributed by atoms with van der Waals surface area (Å²) in [4.78, 5) is 0. The Labute approximate surface area is 112 Å². The Bertz CT molecular complexity index is 341. The van der Waals surface area contributed by atoms with Crippen LogP contribution in [0.1, 0.15) is 76.3 Å². The molecule has 0 atom stereocenters. The molecule has 1 nitrogen and oxygen atoms in total. The number of phenols is 1. The lowest BCUT2D eigenvalue weighted by Crippen LogP contribution is -1.92. The first kappa shape index (κ1) is 15.1. The molecule has 0 aromatic heterocycles. The minimum atomic E-state index is 0.398. The fourth-order valence-corrected chi connectivity index (χ4v) is 2.33. The molecule has 102 valence electrons. The molecule has 18 heavy (non-hydrogen) atoms. The molecule has 1 rings (SSSR count). The number of aromatic hydroxyl groups is 1. The van der Waals surface area contributed by atoms with E-state index in [0.717, 1.165) is 12.0 Å². The average Bonchev–Trinajstić information content (AvgIpc) is 2.35. The number of aryl methyl sites for hydroxylation is 1. The third-order valence-corrected chi connectivity index (χ3v) is 3.53. The van der Waals surface area contributed by atoms with E-state index in [2.05, 4.69) is 32.9 Å². The summed E-state index contributed by atoms with van der Waals surface area (Å²) in [5.74, 6) is 0.839. The molecular weight excluding hydrogens is 220 g/mol. The van der Waals surface area contributed by atoms with Crippen molar-refractivity contribution in [2.24, 2.45) is 0 Å². The predicted octanol–water partition coefficient (Wildman–Crippen LogP) is 5.42. The van der Waals surface area contributed by atoms with Gasteiger partial charge in [0.2, 0.25) is 0 Å². The van der Waals surface area contributed by atoms with Crippen LogP contribution >= 0.6 is 0 Å². The van der Waals surface area contributed by atoms with Gasteiger partial charge in [-0.2, -0.15) is 0 Å². The molecule has 0 saturated carbocycles. The smallest absolute Gasteiger partial charge is 0.119 e. The maximum absolute atomic E-state index is 9.77. The van der Waals surface area contributed by atoms with Gasteiger partial charge >= 0.3 is 0 Å². The molecule has 0 spiro atoms. The van der Waals surface area contributed by atoms with Gasteiger partial charge < -0.3 is 5.11 Å². The summed E-state index contributed by atoms with van der Waals surface area (Å²) in [6.45, 7) is 6.51. The third kappa shape index (κ3) is 5.12. The molecule has 0 unspecified atom stereocenters. The molecule has 1 aromatic carbocycles. The Kier molecular flexibility index (Phi) is 6.85. The minimum absolute atomic E-state index is 0.398. The van der Waals surface area contributed by atoms with Crippen LogP contribution in [0.4, 0.5) is 0 Å². The van der Waals surface area contributed by atoms with Gasteiger partial charge in [-0.15, -0.1) is 0 Å². The lowest BCUT2D eigenvalue weighted by molar-refractivity contribution is 0.464. The zero-order valence-corrected chi connectivity index (χ0v) is 12.2. The van der Waals surface area contributed by atoms with Gasteiger partial charge in [0.1, 0.15) is 5.75 Å². The van der Waals surface area contributed by atoms with E-state index < -0.39 is 0 Å². The highest BCUT2D eigenvalue weighted by Crippen LogP contribution is 2.26. The summed E-state index contributed by atoms with van der Waals surface area (Å²) in [7, 11) is 0. The van der Waals surface area contributed by atoms with E-state index in [1.54, 1.807) is 0 Å². The number of unbranched alkanes of at least 4 members (excludes halogenated alkanes) is 5. The zero-order valence-electron chi connectivity index (χ0n) is 12.2. The van der Waals surface area contributed by atoms with E-state index in [4.69, 9.17) is 0 Å². The largest absolute Gasteiger partial charge is 0.508 e. The molecule has 0 radical (unpaired) electrons. The molecule has 0 bridgehead atoms. The van der Waals surface area contributed by atoms with Crippen molar-refractivity contribution in [2.75, 3.05) is 0 Å². The van der Waals surface area contributed by atoms with Crippen molar-refractivity contribution < 1.29 is 5.11 Å². The monoisotopic (exact) mass is 248 g/mol. The first-order valence-corrected chi connectivity index (χ1v) is 7.47. The van der Waals surface area contributed by atoms with Crippen molar-refractivity contribution in [3.8, 4) is 5.75 Å². The quantitative estimate of drug-likeness (QED) is 0.609. The van der Waals surface area contributed by atoms with Crippen molar-refractivity contribution in [1.29, 1.82) is 0 Å². The van der Waals surface area contributed by atoms with Crippen molar-refractivity contribution in [1.82, 2.24) is 0 Å². The summed E-state index contributed by atoms with van der Waals surface area (Å²) in [6, 6.07) is 6.08. The first-order chi connectivity index (χ1) is 8.65. The predicted molar refractivity (Wildman–Crippen MR) is 79.3 cm³/mol. The molecule has 1 N–H and O–H groups in total. The molecule has 1 aromatic rings. The number of phenolic OH excluding ortho intramolecular Hbond substituents is 1. The van der Waals surface area contributed by atoms with Crippen molar-refractivity contribution in [2.45, 2.75) is 71.6 Å². The van der Waals surface area contributed by atoms with Crippen molar-refractivity contribution in [3.63, 3.8) is 0 Å². The fraction of sp³-hybridized carbons (Fsp3) is 0.647. The molecule has 0 aliphatic carbocycles. The van der Waals surface area contributed by atoms with Crippen LogP contribution in [0.3, 0.4) is 0 Å². The molecule has 0 aliphatic heterocycles. The van der Waals surface area contributed by atoms with Gasteiger partial charge in [-0.25, -0.2) is 0 Å². The molecule has 0 heterocycles. The van der Waals surface area contributed by atoms with E-state index in [1.165, 1.54) is 44.1 Å². The van der Waals surface area contributed by atoms with Crippen LogP contribution in [0.15, 0.2) is 18.2 Å². The number of hydrogen-bond acceptors (Lipinski definition) is 1. The molecule has 1 heteroatoms. The molecule has 0 aliphatic rings. The SMILES string of the molecule is CCCCCCCCc1ccc(O)c(C(C)C)c1. The molecular formula is C17H28O. The van der Waals surface area contributed by atoms with Crippen LogP contribution in [0.2, 0.25) is 0 Å². The molecule has 0 amide bonds. The maximum atomic E-state index is 9.77. The van der Waals surface area contributed by atoms with Crippen molar-refractivity contribution in [3.05, 3.63) is 29.3 Å². The summed E-state index contributed by atoms with van der Waals surface area (Å²) in [5, 5.41) is 9.77. The van der Waals surface area contributed by atoms with E-state index >= 15 is 0 Å². The zero-order chi connectivity index (χ0) is 13.4. The van der Waals surface area contributed by atoms with Gasteiger partial charge in [0.05, 0.1) is 0 Å². The summed E-state index contributed by atoms with van der Waals surface area (Å²) < 4.78 is 0. The Balaban J connectivity index is 2.36. The van der Waals surface area contributed by atoms with E-state index in [-0.39, 0.29) is 0 Å². The Hall–Kier alpha value is -0.980. The van der Waals surface area contributed by atoms with Gasteiger partial charge in [-0.3, -0.25) is 0 Å². The topological polar surface area (TPSA) is 20.2 Å². The van der Waals surface area contributed by atoms with E-state index in [9.17, 15) is 5.11 Å². The van der Waals surface area contributed by atoms with Crippen LogP contribution in [0, 0.1) is 0 Å². The normalized spacial score (nSPS) is 11.1. The van der Waals surface area contributed by atoms with Crippen LogP contribution < -0.4 is 0 Å². The number of hydrogen-bond donors (Lipinski definition) is 1. The summed E-state index contributed by atoms with van der Waals surface area (Å²) in [6.07, 6.45) is 9.18. The van der Waals surface area contributed by atoms with Crippen LogP contribution in [0.5, 0.6) is 5.75 Å².